The fraction of sp³-hybridized carbons (Fsp3) is 0.696. The van der Waals surface area contributed by atoms with Gasteiger partial charge in [-0.3, -0.25) is 0 Å². The summed E-state index contributed by atoms with van der Waals surface area (Å²) in [6.45, 7) is 12.9. The number of aliphatic imine (C=N–C) groups is 1. The number of piperidine rings is 1. The number of likely N-dealkylation sites (tertiary alicyclic amines) is 1. The number of nitrogens with one attached hydrogen (secondary N) is 2. The van der Waals surface area contributed by atoms with Gasteiger partial charge in [-0.15, -0.1) is 0 Å². The number of hydrogen-bond acceptors (Lipinski definition) is 4. The molecule has 0 aromatic heterocycles. The van der Waals surface area contributed by atoms with Crippen LogP contribution in [-0.4, -0.2) is 69.4 Å². The largest absolute Gasteiger partial charge is 0.378 e. The number of para-hydroxylation sites is 1. The summed E-state index contributed by atoms with van der Waals surface area (Å²) >= 11 is 0. The molecule has 2 fully saturated rings. The molecule has 0 aliphatic carbocycles. The van der Waals surface area contributed by atoms with Crippen LogP contribution in [0.25, 0.3) is 0 Å². The van der Waals surface area contributed by atoms with E-state index in [4.69, 9.17) is 9.73 Å². The van der Waals surface area contributed by atoms with E-state index in [1.54, 1.807) is 0 Å². The third-order valence-electron chi connectivity index (χ3n) is 5.95. The quantitative estimate of drug-likeness (QED) is 0.399. The van der Waals surface area contributed by atoms with Crippen LogP contribution in [0.1, 0.15) is 45.1 Å². The average Bonchev–Trinajstić information content (AvgIpc) is 2.77. The lowest BCUT2D eigenvalue weighted by Crippen LogP contribution is -2.41. The van der Waals surface area contributed by atoms with E-state index in [0.29, 0.717) is 6.54 Å². The lowest BCUT2D eigenvalue weighted by Gasteiger charge is -2.33. The van der Waals surface area contributed by atoms with E-state index in [2.05, 4.69) is 58.5 Å². The smallest absolute Gasteiger partial charge is 0.191 e. The molecule has 0 amide bonds. The molecule has 2 saturated heterocycles. The summed E-state index contributed by atoms with van der Waals surface area (Å²) in [6, 6.07) is 9.35. The molecule has 0 spiro atoms. The summed E-state index contributed by atoms with van der Waals surface area (Å²) in [5.41, 5.74) is 2.56. The van der Waals surface area contributed by atoms with Crippen molar-refractivity contribution in [3.05, 3.63) is 29.8 Å². The van der Waals surface area contributed by atoms with Crippen molar-refractivity contribution in [3.8, 4) is 0 Å². The third kappa shape index (κ3) is 6.89. The van der Waals surface area contributed by atoms with Gasteiger partial charge >= 0.3 is 0 Å². The molecule has 2 aliphatic heterocycles. The SMILES string of the molecule is CCNC(=NCc1ccccc1N1CCOCC1)NCCCN1CCCCC1C. The zero-order valence-electron chi connectivity index (χ0n) is 18.3. The van der Waals surface area contributed by atoms with E-state index in [-0.39, 0.29) is 0 Å². The zero-order chi connectivity index (χ0) is 20.3. The summed E-state index contributed by atoms with van der Waals surface area (Å²) in [5.74, 6) is 0.913. The maximum Gasteiger partial charge on any atom is 0.191 e. The van der Waals surface area contributed by atoms with Crippen LogP contribution in [0.5, 0.6) is 0 Å². The Bertz CT molecular complexity index is 629. The lowest BCUT2D eigenvalue weighted by molar-refractivity contribution is 0.122. The second kappa shape index (κ2) is 12.0. The van der Waals surface area contributed by atoms with Gasteiger partial charge in [-0.2, -0.15) is 0 Å². The Hall–Kier alpha value is -1.79. The monoisotopic (exact) mass is 401 g/mol. The highest BCUT2D eigenvalue weighted by Gasteiger charge is 2.17. The minimum atomic E-state index is 0.687. The van der Waals surface area contributed by atoms with Gasteiger partial charge in [-0.1, -0.05) is 24.6 Å². The minimum absolute atomic E-state index is 0.687. The normalized spacial score (nSPS) is 21.2. The predicted molar refractivity (Wildman–Crippen MR) is 122 cm³/mol. The highest BCUT2D eigenvalue weighted by molar-refractivity contribution is 5.79. The summed E-state index contributed by atoms with van der Waals surface area (Å²) < 4.78 is 5.50. The Kier molecular flexibility index (Phi) is 9.09. The molecule has 0 bridgehead atoms. The zero-order valence-corrected chi connectivity index (χ0v) is 18.3. The number of hydrogen-bond donors (Lipinski definition) is 2. The molecule has 2 heterocycles. The second-order valence-corrected chi connectivity index (χ2v) is 8.08. The van der Waals surface area contributed by atoms with Gasteiger partial charge in [-0.05, 0) is 51.3 Å². The molecule has 29 heavy (non-hydrogen) atoms. The number of rotatable bonds is 8. The molecule has 6 nitrogen and oxygen atoms in total. The number of ether oxygens (including phenoxy) is 1. The van der Waals surface area contributed by atoms with Gasteiger partial charge in [0.2, 0.25) is 0 Å². The van der Waals surface area contributed by atoms with Crippen LogP contribution in [0, 0.1) is 0 Å². The fourth-order valence-corrected chi connectivity index (χ4v) is 4.24. The third-order valence-corrected chi connectivity index (χ3v) is 5.95. The standard InChI is InChI=1S/C23H39N5O/c1-3-24-23(25-12-8-14-27-13-7-6-9-20(27)2)26-19-21-10-4-5-11-22(21)28-15-17-29-18-16-28/h4-5,10-11,20H,3,6-9,12-19H2,1-2H3,(H2,24,25,26). The maximum absolute atomic E-state index is 5.50. The molecule has 2 aliphatic rings. The van der Waals surface area contributed by atoms with Crippen molar-refractivity contribution in [2.75, 3.05) is 57.4 Å². The van der Waals surface area contributed by atoms with Gasteiger partial charge in [0.25, 0.3) is 0 Å². The van der Waals surface area contributed by atoms with Crippen molar-refractivity contribution < 1.29 is 4.74 Å². The van der Waals surface area contributed by atoms with E-state index in [1.807, 2.05) is 0 Å². The first-order valence-electron chi connectivity index (χ1n) is 11.4. The summed E-state index contributed by atoms with van der Waals surface area (Å²) in [4.78, 5) is 9.91. The van der Waals surface area contributed by atoms with Crippen molar-refractivity contribution in [2.24, 2.45) is 4.99 Å². The molecule has 3 rings (SSSR count). The maximum atomic E-state index is 5.50. The Labute approximate surface area is 176 Å². The molecule has 1 aromatic rings. The van der Waals surface area contributed by atoms with E-state index < -0.39 is 0 Å². The van der Waals surface area contributed by atoms with E-state index in [9.17, 15) is 0 Å². The van der Waals surface area contributed by atoms with Crippen LogP contribution >= 0.6 is 0 Å². The van der Waals surface area contributed by atoms with E-state index in [1.165, 1.54) is 43.6 Å². The van der Waals surface area contributed by atoms with Gasteiger partial charge in [0.15, 0.2) is 5.96 Å². The summed E-state index contributed by atoms with van der Waals surface area (Å²) in [7, 11) is 0. The number of morpholine rings is 1. The number of guanidine groups is 1. The first-order chi connectivity index (χ1) is 14.3. The second-order valence-electron chi connectivity index (χ2n) is 8.08. The Morgan fingerprint density at radius 2 is 1.97 bits per heavy atom. The topological polar surface area (TPSA) is 52.1 Å². The van der Waals surface area contributed by atoms with Gasteiger partial charge in [0.1, 0.15) is 0 Å². The molecule has 1 aromatic carbocycles. The van der Waals surface area contributed by atoms with Crippen molar-refractivity contribution in [1.82, 2.24) is 15.5 Å². The molecular formula is C23H39N5O. The molecule has 2 N–H and O–H groups in total. The van der Waals surface area contributed by atoms with Crippen LogP contribution in [0.2, 0.25) is 0 Å². The van der Waals surface area contributed by atoms with Gasteiger partial charge in [0, 0.05) is 44.5 Å². The highest BCUT2D eigenvalue weighted by atomic mass is 16.5. The molecule has 1 unspecified atom stereocenters. The highest BCUT2D eigenvalue weighted by Crippen LogP contribution is 2.22. The van der Waals surface area contributed by atoms with E-state index in [0.717, 1.165) is 57.8 Å². The van der Waals surface area contributed by atoms with Crippen molar-refractivity contribution in [3.63, 3.8) is 0 Å². The van der Waals surface area contributed by atoms with E-state index >= 15 is 0 Å². The summed E-state index contributed by atoms with van der Waals surface area (Å²) in [6.07, 6.45) is 5.24. The first-order valence-corrected chi connectivity index (χ1v) is 11.4. The van der Waals surface area contributed by atoms with Crippen molar-refractivity contribution in [2.45, 2.75) is 52.1 Å². The van der Waals surface area contributed by atoms with Crippen LogP contribution < -0.4 is 15.5 Å². The minimum Gasteiger partial charge on any atom is -0.378 e. The van der Waals surface area contributed by atoms with Gasteiger partial charge in [-0.25, -0.2) is 4.99 Å². The molecule has 0 radical (unpaired) electrons. The average molecular weight is 402 g/mol. The first kappa shape index (κ1) is 21.9. The summed E-state index contributed by atoms with van der Waals surface area (Å²) in [5, 5.41) is 6.91. The predicted octanol–water partition coefficient (Wildman–Crippen LogP) is 2.84. The van der Waals surface area contributed by atoms with Gasteiger partial charge in [0.05, 0.1) is 19.8 Å². The molecular weight excluding hydrogens is 362 g/mol. The Morgan fingerprint density at radius 1 is 1.14 bits per heavy atom. The van der Waals surface area contributed by atoms with Crippen LogP contribution in [-0.2, 0) is 11.3 Å². The Morgan fingerprint density at radius 3 is 2.76 bits per heavy atom. The molecule has 162 valence electrons. The number of benzene rings is 1. The van der Waals surface area contributed by atoms with Crippen LogP contribution in [0.3, 0.4) is 0 Å². The number of anilines is 1. The molecule has 0 saturated carbocycles. The lowest BCUT2D eigenvalue weighted by atomic mass is 10.0. The van der Waals surface area contributed by atoms with Crippen molar-refractivity contribution in [1.29, 1.82) is 0 Å². The van der Waals surface area contributed by atoms with Crippen LogP contribution in [0.15, 0.2) is 29.3 Å². The van der Waals surface area contributed by atoms with Crippen molar-refractivity contribution >= 4 is 11.6 Å². The molecule has 1 atom stereocenters. The van der Waals surface area contributed by atoms with Gasteiger partial charge < -0.3 is 25.2 Å². The fourth-order valence-electron chi connectivity index (χ4n) is 4.24. The van der Waals surface area contributed by atoms with Crippen LogP contribution in [0.4, 0.5) is 5.69 Å². The Balaban J connectivity index is 1.51. The molecule has 6 heteroatoms. The number of nitrogens with zero attached hydrogens (tertiary/aromatic N) is 3.